The van der Waals surface area contributed by atoms with E-state index in [4.69, 9.17) is 4.98 Å². The van der Waals surface area contributed by atoms with Crippen molar-refractivity contribution < 1.29 is 4.79 Å². The van der Waals surface area contributed by atoms with Crippen molar-refractivity contribution in [2.75, 3.05) is 26.2 Å². The molecule has 0 N–H and O–H groups in total. The molecule has 0 unspecified atom stereocenters. The van der Waals surface area contributed by atoms with Crippen LogP contribution in [-0.4, -0.2) is 46.9 Å². The molecule has 4 rings (SSSR count). The molecule has 1 aliphatic heterocycles. The summed E-state index contributed by atoms with van der Waals surface area (Å²) in [4.78, 5) is 21.7. The molecule has 128 valence electrons. The second kappa shape index (κ2) is 6.94. The first-order valence-corrected chi connectivity index (χ1v) is 9.43. The molecule has 1 saturated heterocycles. The van der Waals surface area contributed by atoms with Gasteiger partial charge in [-0.15, -0.1) is 11.3 Å². The number of aromatic nitrogens is 1. The van der Waals surface area contributed by atoms with Crippen molar-refractivity contribution >= 4 is 27.5 Å². The molecule has 0 aliphatic carbocycles. The van der Waals surface area contributed by atoms with Crippen molar-refractivity contribution in [3.05, 3.63) is 64.7 Å². The molecule has 1 fully saturated rings. The third-order valence-corrected chi connectivity index (χ3v) is 5.64. The summed E-state index contributed by atoms with van der Waals surface area (Å²) in [6, 6.07) is 16.1. The quantitative estimate of drug-likeness (QED) is 0.724. The highest BCUT2D eigenvalue weighted by Crippen LogP contribution is 2.23. The maximum atomic E-state index is 12.6. The summed E-state index contributed by atoms with van der Waals surface area (Å²) in [6.07, 6.45) is 0. The normalized spacial score (nSPS) is 15.6. The molecular weight excluding hydrogens is 330 g/mol. The summed E-state index contributed by atoms with van der Waals surface area (Å²) >= 11 is 1.76. The maximum absolute atomic E-state index is 12.6. The minimum atomic E-state index is 0.142. The van der Waals surface area contributed by atoms with Crippen LogP contribution in [0.25, 0.3) is 10.2 Å². The molecule has 5 heteroatoms. The second-order valence-corrected chi connectivity index (χ2v) is 7.63. The van der Waals surface area contributed by atoms with E-state index >= 15 is 0 Å². The molecule has 0 saturated carbocycles. The van der Waals surface area contributed by atoms with Crippen LogP contribution in [0.5, 0.6) is 0 Å². The van der Waals surface area contributed by atoms with Gasteiger partial charge in [0.2, 0.25) is 0 Å². The fraction of sp³-hybridized carbons (Fsp3) is 0.300. The highest BCUT2D eigenvalue weighted by Gasteiger charge is 2.22. The Morgan fingerprint density at radius 1 is 1.08 bits per heavy atom. The van der Waals surface area contributed by atoms with Gasteiger partial charge in [0.1, 0.15) is 5.01 Å². The van der Waals surface area contributed by atoms with E-state index in [0.717, 1.165) is 54.4 Å². The van der Waals surface area contributed by atoms with Crippen molar-refractivity contribution in [2.24, 2.45) is 0 Å². The molecule has 4 nitrogen and oxygen atoms in total. The third-order valence-electron chi connectivity index (χ3n) is 4.62. The minimum absolute atomic E-state index is 0.142. The molecule has 0 radical (unpaired) electrons. The number of nitrogens with zero attached hydrogens (tertiary/aromatic N) is 3. The predicted molar refractivity (Wildman–Crippen MR) is 102 cm³/mol. The lowest BCUT2D eigenvalue weighted by Gasteiger charge is -2.34. The number of para-hydroxylation sites is 1. The van der Waals surface area contributed by atoms with Gasteiger partial charge in [-0.25, -0.2) is 4.98 Å². The largest absolute Gasteiger partial charge is 0.336 e. The van der Waals surface area contributed by atoms with E-state index in [1.165, 1.54) is 4.70 Å². The number of aryl methyl sites for hydroxylation is 1. The number of rotatable bonds is 3. The summed E-state index contributed by atoms with van der Waals surface area (Å²) < 4.78 is 1.24. The first-order chi connectivity index (χ1) is 12.2. The standard InChI is InChI=1S/C20H21N3OS/c1-15-5-4-6-16(13-15)20(24)23-11-9-22(10-12-23)14-19-21-17-7-2-3-8-18(17)25-19/h2-8,13H,9-12,14H2,1H3. The van der Waals surface area contributed by atoms with Gasteiger partial charge < -0.3 is 4.90 Å². The molecule has 0 atom stereocenters. The fourth-order valence-electron chi connectivity index (χ4n) is 3.25. The van der Waals surface area contributed by atoms with Gasteiger partial charge in [-0.05, 0) is 31.2 Å². The van der Waals surface area contributed by atoms with Crippen LogP contribution >= 0.6 is 11.3 Å². The lowest BCUT2D eigenvalue weighted by molar-refractivity contribution is 0.0628. The summed E-state index contributed by atoms with van der Waals surface area (Å²) in [5.74, 6) is 0.142. The molecule has 1 aliphatic rings. The number of amides is 1. The van der Waals surface area contributed by atoms with Crippen LogP contribution in [0, 0.1) is 6.92 Å². The number of thiazole rings is 1. The Balaban J connectivity index is 1.37. The van der Waals surface area contributed by atoms with Crippen LogP contribution in [0.15, 0.2) is 48.5 Å². The van der Waals surface area contributed by atoms with Gasteiger partial charge in [0.05, 0.1) is 16.8 Å². The van der Waals surface area contributed by atoms with E-state index in [1.54, 1.807) is 11.3 Å². The lowest BCUT2D eigenvalue weighted by atomic mass is 10.1. The van der Waals surface area contributed by atoms with E-state index in [2.05, 4.69) is 23.1 Å². The monoisotopic (exact) mass is 351 g/mol. The Hall–Kier alpha value is -2.24. The number of hydrogen-bond acceptors (Lipinski definition) is 4. The molecule has 1 aromatic heterocycles. The zero-order chi connectivity index (χ0) is 17.2. The van der Waals surface area contributed by atoms with Crippen molar-refractivity contribution in [3.63, 3.8) is 0 Å². The maximum Gasteiger partial charge on any atom is 0.253 e. The fourth-order valence-corrected chi connectivity index (χ4v) is 4.26. The van der Waals surface area contributed by atoms with Gasteiger partial charge in [0, 0.05) is 31.7 Å². The Kier molecular flexibility index (Phi) is 4.51. The van der Waals surface area contributed by atoms with Crippen molar-refractivity contribution in [2.45, 2.75) is 13.5 Å². The number of benzene rings is 2. The number of carbonyl (C=O) groups excluding carboxylic acids is 1. The SMILES string of the molecule is Cc1cccc(C(=O)N2CCN(Cc3nc4ccccc4s3)CC2)c1. The van der Waals surface area contributed by atoms with Gasteiger partial charge in [-0.2, -0.15) is 0 Å². The summed E-state index contributed by atoms with van der Waals surface area (Å²) in [5.41, 5.74) is 3.00. The lowest BCUT2D eigenvalue weighted by Crippen LogP contribution is -2.48. The molecule has 1 amide bonds. The van der Waals surface area contributed by atoms with Crippen molar-refractivity contribution in [1.82, 2.24) is 14.8 Å². The molecule has 2 aromatic carbocycles. The average Bonchev–Trinajstić information content (AvgIpc) is 3.04. The van der Waals surface area contributed by atoms with Gasteiger partial charge in [0.15, 0.2) is 0 Å². The second-order valence-electron chi connectivity index (χ2n) is 6.51. The molecule has 25 heavy (non-hydrogen) atoms. The Bertz CT molecular complexity index is 864. The number of carbonyl (C=O) groups is 1. The van der Waals surface area contributed by atoms with E-state index in [0.29, 0.717) is 0 Å². The summed E-state index contributed by atoms with van der Waals surface area (Å²) in [7, 11) is 0. The van der Waals surface area contributed by atoms with Gasteiger partial charge in [-0.3, -0.25) is 9.69 Å². The van der Waals surface area contributed by atoms with Crippen LogP contribution in [0.3, 0.4) is 0 Å². The zero-order valence-corrected chi connectivity index (χ0v) is 15.1. The minimum Gasteiger partial charge on any atom is -0.336 e. The van der Waals surface area contributed by atoms with E-state index in [-0.39, 0.29) is 5.91 Å². The van der Waals surface area contributed by atoms with Crippen molar-refractivity contribution in [3.8, 4) is 0 Å². The van der Waals surface area contributed by atoms with Crippen molar-refractivity contribution in [1.29, 1.82) is 0 Å². The van der Waals surface area contributed by atoms with Crippen LogP contribution in [0.4, 0.5) is 0 Å². The smallest absolute Gasteiger partial charge is 0.253 e. The molecular formula is C20H21N3OS. The van der Waals surface area contributed by atoms with Gasteiger partial charge in [-0.1, -0.05) is 29.8 Å². The number of piperazine rings is 1. The Labute approximate surface area is 151 Å². The van der Waals surface area contributed by atoms with E-state index in [9.17, 15) is 4.79 Å². The summed E-state index contributed by atoms with van der Waals surface area (Å²) in [6.45, 7) is 6.23. The number of fused-ring (bicyclic) bond motifs is 1. The molecule has 0 spiro atoms. The summed E-state index contributed by atoms with van der Waals surface area (Å²) in [5, 5.41) is 1.15. The Morgan fingerprint density at radius 2 is 1.88 bits per heavy atom. The Morgan fingerprint density at radius 3 is 2.64 bits per heavy atom. The van der Waals surface area contributed by atoms with Crippen LogP contribution in [0.1, 0.15) is 20.9 Å². The predicted octanol–water partition coefficient (Wildman–Crippen LogP) is 3.56. The van der Waals surface area contributed by atoms with Crippen LogP contribution in [-0.2, 0) is 6.54 Å². The van der Waals surface area contributed by atoms with E-state index < -0.39 is 0 Å². The van der Waals surface area contributed by atoms with Gasteiger partial charge >= 0.3 is 0 Å². The highest BCUT2D eigenvalue weighted by atomic mass is 32.1. The zero-order valence-electron chi connectivity index (χ0n) is 14.3. The van der Waals surface area contributed by atoms with Crippen LogP contribution in [0.2, 0.25) is 0 Å². The first-order valence-electron chi connectivity index (χ1n) is 8.62. The number of hydrogen-bond donors (Lipinski definition) is 0. The van der Waals surface area contributed by atoms with Crippen LogP contribution < -0.4 is 0 Å². The van der Waals surface area contributed by atoms with E-state index in [1.807, 2.05) is 42.2 Å². The third kappa shape index (κ3) is 3.57. The molecule has 3 aromatic rings. The molecule has 0 bridgehead atoms. The average molecular weight is 351 g/mol. The first kappa shape index (κ1) is 16.2. The molecule has 2 heterocycles. The topological polar surface area (TPSA) is 36.4 Å². The highest BCUT2D eigenvalue weighted by molar-refractivity contribution is 7.18. The van der Waals surface area contributed by atoms with Gasteiger partial charge in [0.25, 0.3) is 5.91 Å².